The molecule has 3 rings (SSSR count). The van der Waals surface area contributed by atoms with Crippen LogP contribution in [0.5, 0.6) is 0 Å². The van der Waals surface area contributed by atoms with Gasteiger partial charge in [-0.1, -0.05) is 29.3 Å². The summed E-state index contributed by atoms with van der Waals surface area (Å²) in [7, 11) is 0. The summed E-state index contributed by atoms with van der Waals surface area (Å²) in [5.74, 6) is 0. The molecule has 0 saturated carbocycles. The maximum Gasteiger partial charge on any atom is 0.119 e. The van der Waals surface area contributed by atoms with Crippen LogP contribution in [0.25, 0.3) is 10.9 Å². The topological polar surface area (TPSA) is 60.1 Å². The molecule has 3 aromatic rings. The lowest BCUT2D eigenvalue weighted by Crippen LogP contribution is -2.07. The van der Waals surface area contributed by atoms with Crippen LogP contribution in [-0.2, 0) is 6.42 Å². The Kier molecular flexibility index (Phi) is 5.18. The average molecular weight is 374 g/mol. The van der Waals surface area contributed by atoms with Gasteiger partial charge in [0.05, 0.1) is 9.90 Å². The Labute approximate surface area is 145 Å². The third-order valence-electron chi connectivity index (χ3n) is 3.18. The van der Waals surface area contributed by atoms with Gasteiger partial charge in [-0.2, -0.15) is 0 Å². The number of aromatic amines is 1. The fourth-order valence-corrected chi connectivity index (χ4v) is 4.49. The van der Waals surface area contributed by atoms with Crippen LogP contribution < -0.4 is 10.2 Å². The standard InChI is InChI=1S/C14H13Cl2N3OS2/c15-9-1-2-10-8(7-17-11(10)5-9)3-4-18-22-13-6-12(19-20)14(16)21-13/h1-2,5-7,17-20H,3-4H2. The van der Waals surface area contributed by atoms with Crippen LogP contribution in [0.15, 0.2) is 34.7 Å². The van der Waals surface area contributed by atoms with Crippen LogP contribution in [0.1, 0.15) is 5.56 Å². The van der Waals surface area contributed by atoms with Crippen LogP contribution >= 0.6 is 46.5 Å². The number of anilines is 1. The molecule has 0 bridgehead atoms. The molecule has 0 atom stereocenters. The molecule has 0 amide bonds. The highest BCUT2D eigenvalue weighted by Crippen LogP contribution is 2.36. The second-order valence-electron chi connectivity index (χ2n) is 4.61. The summed E-state index contributed by atoms with van der Waals surface area (Å²) >= 11 is 14.9. The molecule has 2 aromatic heterocycles. The van der Waals surface area contributed by atoms with Gasteiger partial charge in [0, 0.05) is 28.7 Å². The highest BCUT2D eigenvalue weighted by atomic mass is 35.5. The van der Waals surface area contributed by atoms with Crippen molar-refractivity contribution in [3.05, 3.63) is 45.4 Å². The van der Waals surface area contributed by atoms with E-state index in [1.54, 1.807) is 6.07 Å². The van der Waals surface area contributed by atoms with Crippen molar-refractivity contribution in [2.24, 2.45) is 0 Å². The van der Waals surface area contributed by atoms with Gasteiger partial charge in [0.1, 0.15) is 4.34 Å². The second kappa shape index (κ2) is 7.12. The van der Waals surface area contributed by atoms with E-state index < -0.39 is 0 Å². The summed E-state index contributed by atoms with van der Waals surface area (Å²) in [4.78, 5) is 3.24. The monoisotopic (exact) mass is 373 g/mol. The summed E-state index contributed by atoms with van der Waals surface area (Å²) in [5.41, 5.74) is 4.91. The quantitative estimate of drug-likeness (QED) is 0.273. The smallest absolute Gasteiger partial charge is 0.119 e. The van der Waals surface area contributed by atoms with Gasteiger partial charge >= 0.3 is 0 Å². The van der Waals surface area contributed by atoms with Crippen molar-refractivity contribution in [2.45, 2.75) is 10.6 Å². The van der Waals surface area contributed by atoms with Crippen LogP contribution in [0, 0.1) is 0 Å². The molecule has 0 fully saturated rings. The van der Waals surface area contributed by atoms with Crippen LogP contribution in [-0.4, -0.2) is 16.7 Å². The molecule has 2 heterocycles. The Morgan fingerprint density at radius 2 is 2.14 bits per heavy atom. The molecule has 1 aromatic carbocycles. The van der Waals surface area contributed by atoms with Gasteiger partial charge in [0.15, 0.2) is 0 Å². The molecule has 0 aliphatic carbocycles. The van der Waals surface area contributed by atoms with Crippen molar-refractivity contribution in [3.63, 3.8) is 0 Å². The number of nitrogens with one attached hydrogen (secondary N) is 3. The van der Waals surface area contributed by atoms with E-state index in [0.717, 1.165) is 27.7 Å². The molecule has 0 spiro atoms. The molecular formula is C14H13Cl2N3OS2. The number of H-pyrrole nitrogens is 1. The minimum atomic E-state index is 0.532. The Morgan fingerprint density at radius 3 is 2.91 bits per heavy atom. The number of fused-ring (bicyclic) bond motifs is 1. The van der Waals surface area contributed by atoms with Gasteiger partial charge in [-0.3, -0.25) is 15.4 Å². The largest absolute Gasteiger partial charge is 0.361 e. The molecular weight excluding hydrogens is 361 g/mol. The maximum absolute atomic E-state index is 8.88. The summed E-state index contributed by atoms with van der Waals surface area (Å²) in [6.07, 6.45) is 2.92. The minimum absolute atomic E-state index is 0.532. The first-order chi connectivity index (χ1) is 10.7. The fourth-order valence-electron chi connectivity index (χ4n) is 2.15. The van der Waals surface area contributed by atoms with Crippen LogP contribution in [0.3, 0.4) is 0 Å². The van der Waals surface area contributed by atoms with E-state index in [2.05, 4.69) is 15.2 Å². The Hall–Kier alpha value is -0.890. The van der Waals surface area contributed by atoms with Crippen LogP contribution in [0.2, 0.25) is 9.36 Å². The molecule has 0 aliphatic rings. The van der Waals surface area contributed by atoms with Crippen molar-refractivity contribution in [1.82, 2.24) is 9.71 Å². The number of halogens is 2. The lowest BCUT2D eigenvalue weighted by atomic mass is 10.1. The molecule has 4 N–H and O–H groups in total. The first-order valence-corrected chi connectivity index (χ1v) is 8.91. The zero-order chi connectivity index (χ0) is 15.5. The number of benzene rings is 1. The third-order valence-corrected chi connectivity index (χ3v) is 5.74. The zero-order valence-corrected chi connectivity index (χ0v) is 14.5. The molecule has 0 aliphatic heterocycles. The van der Waals surface area contributed by atoms with E-state index in [1.807, 2.05) is 24.4 Å². The van der Waals surface area contributed by atoms with E-state index in [0.29, 0.717) is 10.0 Å². The summed E-state index contributed by atoms with van der Waals surface area (Å²) in [6, 6.07) is 7.67. The van der Waals surface area contributed by atoms with E-state index >= 15 is 0 Å². The predicted octanol–water partition coefficient (Wildman–Crippen LogP) is 5.18. The lowest BCUT2D eigenvalue weighted by molar-refractivity contribution is 0.389. The summed E-state index contributed by atoms with van der Waals surface area (Å²) in [5, 5.41) is 10.8. The molecule has 116 valence electrons. The first-order valence-electron chi connectivity index (χ1n) is 6.52. The molecule has 4 nitrogen and oxygen atoms in total. The van der Waals surface area contributed by atoms with E-state index in [-0.39, 0.29) is 0 Å². The number of rotatable bonds is 6. The normalized spacial score (nSPS) is 11.2. The fraction of sp³-hybridized carbons (Fsp3) is 0.143. The van der Waals surface area contributed by atoms with Gasteiger partial charge < -0.3 is 4.98 Å². The Morgan fingerprint density at radius 1 is 1.27 bits per heavy atom. The molecule has 0 radical (unpaired) electrons. The minimum Gasteiger partial charge on any atom is -0.361 e. The van der Waals surface area contributed by atoms with Crippen LogP contribution in [0.4, 0.5) is 5.69 Å². The van der Waals surface area contributed by atoms with Crippen molar-refractivity contribution in [3.8, 4) is 0 Å². The highest BCUT2D eigenvalue weighted by Gasteiger charge is 2.07. The Bertz CT molecular complexity index is 788. The van der Waals surface area contributed by atoms with Gasteiger partial charge in [-0.05, 0) is 42.1 Å². The van der Waals surface area contributed by atoms with Gasteiger partial charge in [-0.25, -0.2) is 0 Å². The zero-order valence-electron chi connectivity index (χ0n) is 11.3. The second-order valence-corrected chi connectivity index (χ2v) is 7.90. The van der Waals surface area contributed by atoms with Crippen molar-refractivity contribution in [2.75, 3.05) is 12.0 Å². The number of hydrogen-bond acceptors (Lipinski definition) is 5. The van der Waals surface area contributed by atoms with E-state index in [4.69, 9.17) is 28.4 Å². The number of hydrogen-bond donors (Lipinski definition) is 4. The number of aromatic nitrogens is 1. The summed E-state index contributed by atoms with van der Waals surface area (Å²) < 4.78 is 4.83. The molecule has 22 heavy (non-hydrogen) atoms. The van der Waals surface area contributed by atoms with Gasteiger partial charge in [0.25, 0.3) is 0 Å². The van der Waals surface area contributed by atoms with Crippen molar-refractivity contribution in [1.29, 1.82) is 0 Å². The highest BCUT2D eigenvalue weighted by molar-refractivity contribution is 7.99. The first kappa shape index (κ1) is 16.0. The van der Waals surface area contributed by atoms with E-state index in [1.165, 1.54) is 34.2 Å². The molecule has 0 unspecified atom stereocenters. The number of thiophene rings is 1. The van der Waals surface area contributed by atoms with Crippen molar-refractivity contribution >= 4 is 63.1 Å². The molecule has 0 saturated heterocycles. The average Bonchev–Trinajstić information content (AvgIpc) is 3.06. The molecule has 8 heteroatoms. The van der Waals surface area contributed by atoms with Gasteiger partial charge in [0.2, 0.25) is 0 Å². The third kappa shape index (κ3) is 3.53. The van der Waals surface area contributed by atoms with Crippen molar-refractivity contribution < 1.29 is 5.21 Å². The van der Waals surface area contributed by atoms with Gasteiger partial charge in [-0.15, -0.1) is 11.3 Å². The Balaban J connectivity index is 1.56. The van der Waals surface area contributed by atoms with E-state index in [9.17, 15) is 0 Å². The lowest BCUT2D eigenvalue weighted by Gasteiger charge is -2.02. The maximum atomic E-state index is 8.88. The SMILES string of the molecule is ONc1cc(SNCCc2c[nH]c3cc(Cl)ccc23)sc1Cl. The summed E-state index contributed by atoms with van der Waals surface area (Å²) in [6.45, 7) is 0.817. The predicted molar refractivity (Wildman–Crippen MR) is 95.6 cm³/mol.